The third-order valence-electron chi connectivity index (χ3n) is 5.70. The van der Waals surface area contributed by atoms with Crippen LogP contribution in [-0.2, 0) is 11.3 Å². The van der Waals surface area contributed by atoms with E-state index in [0.29, 0.717) is 28.9 Å². The minimum Gasteiger partial charge on any atom is -0.504 e. The number of ketones is 1. The number of aromatic hydroxyl groups is 1. The van der Waals surface area contributed by atoms with Crippen LogP contribution in [0, 0.1) is 0 Å². The highest BCUT2D eigenvalue weighted by Gasteiger charge is 2.33. The average molecular weight is 458 g/mol. The lowest BCUT2D eigenvalue weighted by atomic mass is 10.0. The molecule has 0 saturated carbocycles. The van der Waals surface area contributed by atoms with Gasteiger partial charge in [-0.2, -0.15) is 0 Å². The van der Waals surface area contributed by atoms with Crippen LogP contribution in [0.1, 0.15) is 62.4 Å². The number of methoxy groups -OCH3 is 1. The fourth-order valence-electron chi connectivity index (χ4n) is 3.58. The molecule has 0 spiro atoms. The molecule has 1 aromatic carbocycles. The molecule has 0 atom stereocenters. The number of phenolic OH excluding ortho intramolecular Hbond substituents is 1. The van der Waals surface area contributed by atoms with Gasteiger partial charge in [0.15, 0.2) is 17.3 Å². The van der Waals surface area contributed by atoms with Crippen molar-refractivity contribution < 1.29 is 29.3 Å². The second kappa shape index (κ2) is 12.3. The summed E-state index contributed by atoms with van der Waals surface area (Å²) in [7, 11) is 1.46. The molecular formula is C26H35NO6. The van der Waals surface area contributed by atoms with Gasteiger partial charge in [-0.15, -0.1) is 0 Å². The van der Waals surface area contributed by atoms with Gasteiger partial charge in [-0.05, 0) is 57.7 Å². The van der Waals surface area contributed by atoms with Gasteiger partial charge in [0.05, 0.1) is 25.8 Å². The van der Waals surface area contributed by atoms with Crippen molar-refractivity contribution in [1.29, 1.82) is 0 Å². The van der Waals surface area contributed by atoms with E-state index in [1.54, 1.807) is 13.0 Å². The molecule has 0 fully saturated rings. The molecular weight excluding hydrogens is 422 g/mol. The van der Waals surface area contributed by atoms with Crippen LogP contribution in [0.25, 0.3) is 0 Å². The van der Waals surface area contributed by atoms with Crippen LogP contribution in [0.2, 0.25) is 0 Å². The Bertz CT molecular complexity index is 960. The number of nitrogens with zero attached hydrogens (tertiary/aromatic N) is 1. The maximum Gasteiger partial charge on any atom is 0.254 e. The van der Waals surface area contributed by atoms with Crippen molar-refractivity contribution >= 4 is 11.7 Å². The second-order valence-corrected chi connectivity index (χ2v) is 8.39. The van der Waals surface area contributed by atoms with Crippen LogP contribution in [0.15, 0.2) is 41.5 Å². The van der Waals surface area contributed by atoms with Crippen LogP contribution in [0.4, 0.5) is 0 Å². The molecule has 0 aliphatic carbocycles. The molecule has 0 aromatic heterocycles. The zero-order valence-electron chi connectivity index (χ0n) is 20.1. The van der Waals surface area contributed by atoms with Gasteiger partial charge in [0.2, 0.25) is 5.75 Å². The number of amides is 1. The maximum absolute atomic E-state index is 12.4. The van der Waals surface area contributed by atoms with Gasteiger partial charge in [0.1, 0.15) is 6.61 Å². The number of hydrogen-bond acceptors (Lipinski definition) is 6. The number of benzene rings is 1. The van der Waals surface area contributed by atoms with E-state index < -0.39 is 0 Å². The molecule has 0 radical (unpaired) electrons. The monoisotopic (exact) mass is 457 g/mol. The molecule has 1 aliphatic heterocycles. The van der Waals surface area contributed by atoms with Gasteiger partial charge in [0.25, 0.3) is 5.91 Å². The summed E-state index contributed by atoms with van der Waals surface area (Å²) in [4.78, 5) is 25.6. The molecule has 2 N–H and O–H groups in total. The number of fused-ring (bicyclic) bond motifs is 1. The van der Waals surface area contributed by atoms with Gasteiger partial charge in [-0.1, -0.05) is 23.8 Å². The number of phenols is 1. The van der Waals surface area contributed by atoms with E-state index in [2.05, 4.69) is 12.7 Å². The average Bonchev–Trinajstić information content (AvgIpc) is 3.09. The summed E-state index contributed by atoms with van der Waals surface area (Å²) in [6, 6.07) is 1.58. The van der Waals surface area contributed by atoms with Crippen LogP contribution in [0.3, 0.4) is 0 Å². The summed E-state index contributed by atoms with van der Waals surface area (Å²) in [6.45, 7) is 9.99. The first-order valence-electron chi connectivity index (χ1n) is 11.1. The van der Waals surface area contributed by atoms with Gasteiger partial charge in [0, 0.05) is 18.5 Å². The van der Waals surface area contributed by atoms with E-state index in [4.69, 9.17) is 14.6 Å². The number of allylic oxidation sites excluding steroid dienone is 4. The molecule has 7 nitrogen and oxygen atoms in total. The molecule has 7 heteroatoms. The number of rotatable bonds is 13. The zero-order valence-corrected chi connectivity index (χ0v) is 20.1. The summed E-state index contributed by atoms with van der Waals surface area (Å²) in [5.41, 5.74) is 3.77. The highest BCUT2D eigenvalue weighted by molar-refractivity contribution is 6.00. The smallest absolute Gasteiger partial charge is 0.254 e. The number of β-amino-alcohol motifs (C(OH)–C–C–N with tert-alkyl or cyclic N) is 1. The standard InChI is InChI=1S/C26H35NO6/c1-17(2)22(29)10-9-18(3)7-6-8-19(4)11-14-33-25-23(32-5)15-20-21(24(25)30)16-27(12-13-28)26(20)31/h7,11,15,28,30H,1,6,8-10,12-14,16H2,2-5H3. The molecule has 180 valence electrons. The van der Waals surface area contributed by atoms with Crippen LogP contribution >= 0.6 is 0 Å². The van der Waals surface area contributed by atoms with Crippen LogP contribution in [0.5, 0.6) is 17.2 Å². The minimum absolute atomic E-state index is 0.103. The quantitative estimate of drug-likeness (QED) is 0.338. The maximum atomic E-state index is 12.4. The number of hydrogen-bond donors (Lipinski definition) is 2. The number of aliphatic hydroxyl groups excluding tert-OH is 1. The van der Waals surface area contributed by atoms with Crippen molar-refractivity contribution in [2.45, 2.75) is 53.0 Å². The molecule has 1 heterocycles. The molecule has 1 aliphatic rings. The molecule has 1 amide bonds. The van der Waals surface area contributed by atoms with Gasteiger partial charge in [-0.3, -0.25) is 9.59 Å². The number of Topliss-reactive ketones (excluding diaryl/α,β-unsaturated/α-hetero) is 1. The molecule has 2 rings (SSSR count). The molecule has 0 bridgehead atoms. The summed E-state index contributed by atoms with van der Waals surface area (Å²) >= 11 is 0. The van der Waals surface area contributed by atoms with Crippen molar-refractivity contribution in [3.05, 3.63) is 52.6 Å². The SMILES string of the molecule is C=C(C)C(=O)CCC(C)=CCCC(C)=CCOc1c(OC)cc2c(c1O)CN(CCO)C2=O. The summed E-state index contributed by atoms with van der Waals surface area (Å²) in [5.74, 6) is 0.247. The molecule has 1 aromatic rings. The number of ether oxygens (including phenoxy) is 2. The molecule has 33 heavy (non-hydrogen) atoms. The lowest BCUT2D eigenvalue weighted by Gasteiger charge is -2.14. The minimum atomic E-state index is -0.248. The Morgan fingerprint density at radius 1 is 1.18 bits per heavy atom. The van der Waals surface area contributed by atoms with Crippen LogP contribution in [-0.4, -0.2) is 53.7 Å². The predicted molar refractivity (Wildman–Crippen MR) is 128 cm³/mol. The van der Waals surface area contributed by atoms with Crippen LogP contribution < -0.4 is 9.47 Å². The third kappa shape index (κ3) is 6.96. The van der Waals surface area contributed by atoms with Crippen molar-refractivity contribution in [2.24, 2.45) is 0 Å². The van der Waals surface area contributed by atoms with Gasteiger partial charge >= 0.3 is 0 Å². The molecule has 0 unspecified atom stereocenters. The lowest BCUT2D eigenvalue weighted by molar-refractivity contribution is -0.115. The highest BCUT2D eigenvalue weighted by atomic mass is 16.5. The van der Waals surface area contributed by atoms with E-state index in [0.717, 1.165) is 24.8 Å². The van der Waals surface area contributed by atoms with E-state index in [1.807, 2.05) is 19.9 Å². The lowest BCUT2D eigenvalue weighted by Crippen LogP contribution is -2.26. The Balaban J connectivity index is 1.95. The first-order valence-corrected chi connectivity index (χ1v) is 11.1. The Kier molecular flexibility index (Phi) is 9.73. The van der Waals surface area contributed by atoms with Crippen molar-refractivity contribution in [1.82, 2.24) is 4.90 Å². The number of carbonyl (C=O) groups excluding carboxylic acids is 2. The normalized spacial score (nSPS) is 13.8. The fraction of sp³-hybridized carbons (Fsp3) is 0.462. The fourth-order valence-corrected chi connectivity index (χ4v) is 3.58. The number of aliphatic hydroxyl groups is 1. The van der Waals surface area contributed by atoms with E-state index in [1.165, 1.54) is 17.6 Å². The third-order valence-corrected chi connectivity index (χ3v) is 5.70. The van der Waals surface area contributed by atoms with Crippen molar-refractivity contribution in [3.8, 4) is 17.2 Å². The summed E-state index contributed by atoms with van der Waals surface area (Å²) in [5, 5.41) is 19.9. The topological polar surface area (TPSA) is 96.3 Å². The second-order valence-electron chi connectivity index (χ2n) is 8.39. The highest BCUT2D eigenvalue weighted by Crippen LogP contribution is 2.44. The predicted octanol–water partition coefficient (Wildman–Crippen LogP) is 4.33. The van der Waals surface area contributed by atoms with E-state index in [-0.39, 0.29) is 49.5 Å². The van der Waals surface area contributed by atoms with Gasteiger partial charge < -0.3 is 24.6 Å². The summed E-state index contributed by atoms with van der Waals surface area (Å²) in [6.07, 6.45) is 7.05. The Labute approximate surface area is 196 Å². The molecule has 0 saturated heterocycles. The largest absolute Gasteiger partial charge is 0.504 e. The summed E-state index contributed by atoms with van der Waals surface area (Å²) < 4.78 is 11.1. The Hall–Kier alpha value is -3.06. The first-order chi connectivity index (χ1) is 15.7. The Morgan fingerprint density at radius 2 is 1.88 bits per heavy atom. The number of carbonyl (C=O) groups is 2. The van der Waals surface area contributed by atoms with Crippen molar-refractivity contribution in [2.75, 3.05) is 26.9 Å². The zero-order chi connectivity index (χ0) is 24.5. The van der Waals surface area contributed by atoms with E-state index in [9.17, 15) is 14.7 Å². The van der Waals surface area contributed by atoms with E-state index >= 15 is 0 Å². The first kappa shape index (κ1) is 26.2. The Morgan fingerprint density at radius 3 is 2.52 bits per heavy atom. The van der Waals surface area contributed by atoms with Crippen molar-refractivity contribution in [3.63, 3.8) is 0 Å². The van der Waals surface area contributed by atoms with Gasteiger partial charge in [-0.25, -0.2) is 0 Å².